The van der Waals surface area contributed by atoms with Crippen LogP contribution in [0.15, 0.2) is 36.4 Å². The Morgan fingerprint density at radius 3 is 2.84 bits per heavy atom. The molecule has 0 bridgehead atoms. The second-order valence-corrected chi connectivity index (χ2v) is 7.00. The van der Waals surface area contributed by atoms with Crippen molar-refractivity contribution in [3.05, 3.63) is 47.1 Å². The molecule has 1 atom stereocenters. The Hall–Kier alpha value is -1.92. The van der Waals surface area contributed by atoms with E-state index < -0.39 is 0 Å². The fraction of sp³-hybridized carbons (Fsp3) is 0.389. The maximum atomic E-state index is 6.19. The number of thiocarbonyl (C=S) groups is 1. The zero-order valence-electron chi connectivity index (χ0n) is 14.2. The summed E-state index contributed by atoms with van der Waals surface area (Å²) >= 11 is 11.5. The summed E-state index contributed by atoms with van der Waals surface area (Å²) in [7, 11) is 0. The van der Waals surface area contributed by atoms with Crippen LogP contribution in [0.3, 0.4) is 0 Å². The summed E-state index contributed by atoms with van der Waals surface area (Å²) in [5, 5.41) is 7.08. The van der Waals surface area contributed by atoms with Crippen molar-refractivity contribution in [2.45, 2.75) is 38.8 Å². The van der Waals surface area contributed by atoms with E-state index in [2.05, 4.69) is 32.4 Å². The van der Waals surface area contributed by atoms with E-state index >= 15 is 0 Å². The van der Waals surface area contributed by atoms with Crippen LogP contribution < -0.4 is 15.5 Å². The van der Waals surface area contributed by atoms with E-state index in [1.807, 2.05) is 36.4 Å². The Kier molecular flexibility index (Phi) is 6.04. The van der Waals surface area contributed by atoms with E-state index in [0.29, 0.717) is 28.8 Å². The number of anilines is 2. The molecule has 1 saturated heterocycles. The van der Waals surface area contributed by atoms with Gasteiger partial charge in [-0.3, -0.25) is 0 Å². The van der Waals surface area contributed by atoms with Gasteiger partial charge in [-0.15, -0.1) is 0 Å². The van der Waals surface area contributed by atoms with Crippen molar-refractivity contribution in [3.63, 3.8) is 0 Å². The van der Waals surface area contributed by atoms with Gasteiger partial charge in [0.2, 0.25) is 5.95 Å². The number of aromatic nitrogens is 2. The third kappa shape index (κ3) is 5.03. The highest BCUT2D eigenvalue weighted by molar-refractivity contribution is 7.80. The van der Waals surface area contributed by atoms with Crippen molar-refractivity contribution in [1.82, 2.24) is 15.3 Å². The van der Waals surface area contributed by atoms with Gasteiger partial charge < -0.3 is 15.5 Å². The Labute approximate surface area is 158 Å². The van der Waals surface area contributed by atoms with Gasteiger partial charge in [0.25, 0.3) is 0 Å². The zero-order valence-corrected chi connectivity index (χ0v) is 15.8. The predicted molar refractivity (Wildman–Crippen MR) is 107 cm³/mol. The van der Waals surface area contributed by atoms with E-state index in [4.69, 9.17) is 23.8 Å². The first kappa shape index (κ1) is 17.9. The number of rotatable bonds is 4. The maximum absolute atomic E-state index is 6.19. The first-order valence-electron chi connectivity index (χ1n) is 8.52. The minimum absolute atomic E-state index is 0.413. The summed E-state index contributed by atoms with van der Waals surface area (Å²) < 4.78 is 0. The number of halogens is 1. The highest BCUT2D eigenvalue weighted by Crippen LogP contribution is 2.25. The van der Waals surface area contributed by atoms with Crippen molar-refractivity contribution >= 4 is 40.7 Å². The van der Waals surface area contributed by atoms with Crippen molar-refractivity contribution in [1.29, 1.82) is 0 Å². The topological polar surface area (TPSA) is 53.1 Å². The number of hydrogen-bond donors (Lipinski definition) is 2. The second kappa shape index (κ2) is 8.45. The molecule has 2 N–H and O–H groups in total. The molecule has 0 saturated carbocycles. The lowest BCUT2D eigenvalue weighted by Crippen LogP contribution is -2.38. The molecule has 1 aromatic carbocycles. The van der Waals surface area contributed by atoms with Crippen LogP contribution in [0.1, 0.15) is 31.7 Å². The number of nitrogens with zero attached hydrogens (tertiary/aromatic N) is 3. The third-order valence-corrected chi connectivity index (χ3v) is 4.74. The number of nitrogens with one attached hydrogen (secondary N) is 2. The van der Waals surface area contributed by atoms with Gasteiger partial charge in [0.05, 0.1) is 0 Å². The van der Waals surface area contributed by atoms with Gasteiger partial charge in [-0.1, -0.05) is 41.9 Å². The Bertz CT molecular complexity index is 725. The molecule has 1 fully saturated rings. The van der Waals surface area contributed by atoms with E-state index in [0.717, 1.165) is 17.9 Å². The number of piperidine rings is 1. The van der Waals surface area contributed by atoms with E-state index in [1.165, 1.54) is 19.3 Å². The molecular formula is C18H22ClN5S. The predicted octanol–water partition coefficient (Wildman–Crippen LogP) is 4.00. The Morgan fingerprint density at radius 2 is 2.08 bits per heavy atom. The minimum atomic E-state index is 0.413. The molecule has 0 amide bonds. The largest absolute Gasteiger partial charge is 0.358 e. The second-order valence-electron chi connectivity index (χ2n) is 6.20. The molecule has 1 aromatic heterocycles. The first-order chi connectivity index (χ1) is 12.1. The molecule has 3 rings (SSSR count). The number of benzene rings is 1. The highest BCUT2D eigenvalue weighted by atomic mass is 35.5. The lowest BCUT2D eigenvalue weighted by Gasteiger charge is -2.34. The van der Waals surface area contributed by atoms with Crippen LogP contribution in [-0.4, -0.2) is 27.7 Å². The molecule has 0 aliphatic carbocycles. The van der Waals surface area contributed by atoms with Gasteiger partial charge in [-0.25, -0.2) is 4.98 Å². The van der Waals surface area contributed by atoms with Crippen LogP contribution in [0.2, 0.25) is 5.15 Å². The summed E-state index contributed by atoms with van der Waals surface area (Å²) in [5.41, 5.74) is 1.15. The van der Waals surface area contributed by atoms with Crippen molar-refractivity contribution < 1.29 is 0 Å². The molecule has 0 radical (unpaired) electrons. The molecular weight excluding hydrogens is 354 g/mol. The molecule has 2 heterocycles. The van der Waals surface area contributed by atoms with Crippen LogP contribution >= 0.6 is 23.8 Å². The SMILES string of the molecule is C[C@H]1CCCCN1c1cc(Cl)nc(NC(=S)NCc2ccccc2)n1. The molecule has 1 aliphatic rings. The van der Waals surface area contributed by atoms with Gasteiger partial charge >= 0.3 is 0 Å². The number of hydrogen-bond acceptors (Lipinski definition) is 4. The van der Waals surface area contributed by atoms with Gasteiger partial charge in [-0.05, 0) is 44.0 Å². The standard InChI is InChI=1S/C18H22ClN5S/c1-13-7-5-6-10-24(13)16-11-15(19)21-17(22-16)23-18(25)20-12-14-8-3-2-4-9-14/h2-4,8-9,11,13H,5-7,10,12H2,1H3,(H2,20,21,22,23,25)/t13-/m0/s1. The van der Waals surface area contributed by atoms with Crippen LogP contribution in [0.4, 0.5) is 11.8 Å². The van der Waals surface area contributed by atoms with Crippen LogP contribution in [0.5, 0.6) is 0 Å². The molecule has 5 nitrogen and oxygen atoms in total. The van der Waals surface area contributed by atoms with Crippen molar-refractivity contribution in [2.75, 3.05) is 16.8 Å². The molecule has 25 heavy (non-hydrogen) atoms. The quantitative estimate of drug-likeness (QED) is 0.622. The average Bonchev–Trinajstić information content (AvgIpc) is 2.61. The van der Waals surface area contributed by atoms with Gasteiger partial charge in [0.1, 0.15) is 11.0 Å². The van der Waals surface area contributed by atoms with Crippen molar-refractivity contribution in [2.24, 2.45) is 0 Å². The van der Waals surface area contributed by atoms with Crippen LogP contribution in [-0.2, 0) is 6.54 Å². The van der Waals surface area contributed by atoms with Gasteiger partial charge in [0, 0.05) is 25.2 Å². The van der Waals surface area contributed by atoms with E-state index in [1.54, 1.807) is 0 Å². The normalized spacial score (nSPS) is 17.2. The molecule has 0 spiro atoms. The monoisotopic (exact) mass is 375 g/mol. The fourth-order valence-electron chi connectivity index (χ4n) is 2.97. The minimum Gasteiger partial charge on any atom is -0.358 e. The summed E-state index contributed by atoms with van der Waals surface area (Å²) in [5.74, 6) is 1.27. The summed E-state index contributed by atoms with van der Waals surface area (Å²) in [6, 6.07) is 12.3. The molecule has 132 valence electrons. The summed E-state index contributed by atoms with van der Waals surface area (Å²) in [4.78, 5) is 11.1. The van der Waals surface area contributed by atoms with Gasteiger partial charge in [-0.2, -0.15) is 4.98 Å². The Balaban J connectivity index is 1.64. The van der Waals surface area contributed by atoms with Crippen molar-refractivity contribution in [3.8, 4) is 0 Å². The van der Waals surface area contributed by atoms with E-state index in [-0.39, 0.29) is 0 Å². The van der Waals surface area contributed by atoms with E-state index in [9.17, 15) is 0 Å². The fourth-order valence-corrected chi connectivity index (χ4v) is 3.31. The highest BCUT2D eigenvalue weighted by Gasteiger charge is 2.20. The summed E-state index contributed by atoms with van der Waals surface area (Å²) in [6.07, 6.45) is 3.60. The third-order valence-electron chi connectivity index (χ3n) is 4.30. The Morgan fingerprint density at radius 1 is 1.28 bits per heavy atom. The van der Waals surface area contributed by atoms with Crippen LogP contribution in [0, 0.1) is 0 Å². The zero-order chi connectivity index (χ0) is 17.6. The molecule has 1 aliphatic heterocycles. The lowest BCUT2D eigenvalue weighted by molar-refractivity contribution is 0.481. The smallest absolute Gasteiger partial charge is 0.232 e. The first-order valence-corrected chi connectivity index (χ1v) is 9.30. The summed E-state index contributed by atoms with van der Waals surface area (Å²) in [6.45, 7) is 3.85. The maximum Gasteiger partial charge on any atom is 0.232 e. The lowest BCUT2D eigenvalue weighted by atomic mass is 10.0. The molecule has 7 heteroatoms. The van der Waals surface area contributed by atoms with Crippen LogP contribution in [0.25, 0.3) is 0 Å². The molecule has 2 aromatic rings. The molecule has 0 unspecified atom stereocenters. The van der Waals surface area contributed by atoms with Gasteiger partial charge in [0.15, 0.2) is 5.11 Å². The average molecular weight is 376 g/mol.